The van der Waals surface area contributed by atoms with Crippen molar-refractivity contribution in [2.45, 2.75) is 32.4 Å². The maximum absolute atomic E-state index is 4.36. The largest absolute Gasteiger partial charge is 0.314 e. The summed E-state index contributed by atoms with van der Waals surface area (Å²) in [7, 11) is 0. The molecule has 1 aromatic rings. The zero-order chi connectivity index (χ0) is 10.5. The van der Waals surface area contributed by atoms with E-state index in [-0.39, 0.29) is 0 Å². The summed E-state index contributed by atoms with van der Waals surface area (Å²) in [4.78, 5) is 6.93. The molecule has 1 aliphatic rings. The van der Waals surface area contributed by atoms with Crippen LogP contribution in [0.3, 0.4) is 0 Å². The molecule has 1 fully saturated rings. The van der Waals surface area contributed by atoms with E-state index in [1.54, 1.807) is 11.3 Å². The monoisotopic (exact) mass is 225 g/mol. The quantitative estimate of drug-likeness (QED) is 0.845. The minimum Gasteiger partial charge on any atom is -0.314 e. The first-order valence-corrected chi connectivity index (χ1v) is 6.61. The van der Waals surface area contributed by atoms with E-state index in [9.17, 15) is 0 Å². The van der Waals surface area contributed by atoms with Gasteiger partial charge < -0.3 is 5.32 Å². The molecule has 1 atom stereocenters. The lowest BCUT2D eigenvalue weighted by Gasteiger charge is -2.35. The topological polar surface area (TPSA) is 28.2 Å². The van der Waals surface area contributed by atoms with Gasteiger partial charge in [0.2, 0.25) is 0 Å². The van der Waals surface area contributed by atoms with E-state index in [1.165, 1.54) is 17.8 Å². The van der Waals surface area contributed by atoms with Crippen LogP contribution in [0.25, 0.3) is 0 Å². The molecule has 0 amide bonds. The number of aromatic nitrogens is 1. The molecule has 0 aromatic carbocycles. The fourth-order valence-electron chi connectivity index (χ4n) is 2.13. The van der Waals surface area contributed by atoms with Crippen LogP contribution in [0.5, 0.6) is 0 Å². The molecule has 0 aliphatic carbocycles. The van der Waals surface area contributed by atoms with Crippen molar-refractivity contribution in [1.82, 2.24) is 15.2 Å². The third kappa shape index (κ3) is 3.00. The summed E-state index contributed by atoms with van der Waals surface area (Å²) in [6.07, 6.45) is 4.45. The Balaban J connectivity index is 1.92. The van der Waals surface area contributed by atoms with Crippen LogP contribution in [-0.4, -0.2) is 35.6 Å². The van der Waals surface area contributed by atoms with Crippen molar-refractivity contribution in [1.29, 1.82) is 0 Å². The number of nitrogens with zero attached hydrogens (tertiary/aromatic N) is 2. The zero-order valence-electron chi connectivity index (χ0n) is 9.28. The Kier molecular flexibility index (Phi) is 4.11. The van der Waals surface area contributed by atoms with E-state index in [4.69, 9.17) is 0 Å². The second-order valence-electron chi connectivity index (χ2n) is 4.04. The minimum atomic E-state index is 0.702. The van der Waals surface area contributed by atoms with E-state index in [0.29, 0.717) is 6.04 Å². The lowest BCUT2D eigenvalue weighted by Crippen LogP contribution is -2.50. The summed E-state index contributed by atoms with van der Waals surface area (Å²) in [5.41, 5.74) is 0. The van der Waals surface area contributed by atoms with Gasteiger partial charge in [-0.1, -0.05) is 13.3 Å². The van der Waals surface area contributed by atoms with Gasteiger partial charge in [0.05, 0.1) is 6.54 Å². The van der Waals surface area contributed by atoms with Crippen molar-refractivity contribution in [3.63, 3.8) is 0 Å². The molecule has 0 bridgehead atoms. The molecule has 2 heterocycles. The molecule has 1 aliphatic heterocycles. The second kappa shape index (κ2) is 5.58. The summed E-state index contributed by atoms with van der Waals surface area (Å²) in [6.45, 7) is 6.70. The number of hydrogen-bond donors (Lipinski definition) is 1. The van der Waals surface area contributed by atoms with Crippen molar-refractivity contribution in [3.05, 3.63) is 16.6 Å². The highest BCUT2D eigenvalue weighted by atomic mass is 32.1. The molecule has 1 unspecified atom stereocenters. The number of nitrogens with one attached hydrogen (secondary N) is 1. The predicted octanol–water partition coefficient (Wildman–Crippen LogP) is 1.72. The normalized spacial score (nSPS) is 23.1. The van der Waals surface area contributed by atoms with E-state index in [0.717, 1.165) is 26.2 Å². The number of thiazole rings is 1. The van der Waals surface area contributed by atoms with Crippen molar-refractivity contribution in [2.24, 2.45) is 0 Å². The Labute approximate surface area is 95.5 Å². The van der Waals surface area contributed by atoms with Crippen LogP contribution in [0.4, 0.5) is 0 Å². The summed E-state index contributed by atoms with van der Waals surface area (Å²) < 4.78 is 0. The second-order valence-corrected chi connectivity index (χ2v) is 5.02. The average Bonchev–Trinajstić information content (AvgIpc) is 2.74. The molecule has 0 spiro atoms. The lowest BCUT2D eigenvalue weighted by atomic mass is 10.1. The van der Waals surface area contributed by atoms with Crippen molar-refractivity contribution in [3.8, 4) is 0 Å². The predicted molar refractivity (Wildman–Crippen MR) is 64.1 cm³/mol. The Morgan fingerprint density at radius 2 is 2.60 bits per heavy atom. The highest BCUT2D eigenvalue weighted by molar-refractivity contribution is 7.09. The Hall–Kier alpha value is -0.450. The van der Waals surface area contributed by atoms with Gasteiger partial charge >= 0.3 is 0 Å². The molecule has 15 heavy (non-hydrogen) atoms. The molecular formula is C11H19N3S. The molecule has 1 saturated heterocycles. The maximum Gasteiger partial charge on any atom is 0.107 e. The third-order valence-electron chi connectivity index (χ3n) is 2.92. The van der Waals surface area contributed by atoms with Crippen molar-refractivity contribution in [2.75, 3.05) is 19.6 Å². The van der Waals surface area contributed by atoms with Gasteiger partial charge in [0.1, 0.15) is 5.01 Å². The van der Waals surface area contributed by atoms with Gasteiger partial charge in [0, 0.05) is 37.3 Å². The summed E-state index contributed by atoms with van der Waals surface area (Å²) >= 11 is 1.76. The summed E-state index contributed by atoms with van der Waals surface area (Å²) in [6, 6.07) is 0.702. The first kappa shape index (κ1) is 11.0. The Morgan fingerprint density at radius 1 is 1.67 bits per heavy atom. The van der Waals surface area contributed by atoms with Crippen LogP contribution in [0.15, 0.2) is 11.6 Å². The van der Waals surface area contributed by atoms with E-state index < -0.39 is 0 Å². The molecule has 3 nitrogen and oxygen atoms in total. The van der Waals surface area contributed by atoms with Crippen molar-refractivity contribution >= 4 is 11.3 Å². The fourth-order valence-corrected chi connectivity index (χ4v) is 2.77. The molecule has 2 rings (SSSR count). The molecule has 1 aromatic heterocycles. The highest BCUT2D eigenvalue weighted by Gasteiger charge is 2.21. The Morgan fingerprint density at radius 3 is 3.33 bits per heavy atom. The standard InChI is InChI=1S/C11H19N3S/c1-2-3-10-8-12-4-6-14(10)9-11-13-5-7-15-11/h5,7,10,12H,2-4,6,8-9H2,1H3. The molecule has 1 N–H and O–H groups in total. The van der Waals surface area contributed by atoms with Crippen LogP contribution in [0.1, 0.15) is 24.8 Å². The average molecular weight is 225 g/mol. The van der Waals surface area contributed by atoms with Crippen LogP contribution >= 0.6 is 11.3 Å². The summed E-state index contributed by atoms with van der Waals surface area (Å²) in [5.74, 6) is 0. The number of hydrogen-bond acceptors (Lipinski definition) is 4. The number of rotatable bonds is 4. The molecule has 0 saturated carbocycles. The number of piperazine rings is 1. The van der Waals surface area contributed by atoms with Gasteiger partial charge in [0.25, 0.3) is 0 Å². The minimum absolute atomic E-state index is 0.702. The van der Waals surface area contributed by atoms with Gasteiger partial charge in [-0.3, -0.25) is 4.90 Å². The van der Waals surface area contributed by atoms with Crippen LogP contribution < -0.4 is 5.32 Å². The van der Waals surface area contributed by atoms with Gasteiger partial charge in [0.15, 0.2) is 0 Å². The van der Waals surface area contributed by atoms with Gasteiger partial charge in [-0.05, 0) is 6.42 Å². The smallest absolute Gasteiger partial charge is 0.107 e. The molecule has 0 radical (unpaired) electrons. The Bertz CT molecular complexity index is 271. The molecule has 4 heteroatoms. The first-order valence-electron chi connectivity index (χ1n) is 5.73. The lowest BCUT2D eigenvalue weighted by molar-refractivity contribution is 0.144. The van der Waals surface area contributed by atoms with Gasteiger partial charge in [-0.15, -0.1) is 11.3 Å². The van der Waals surface area contributed by atoms with Crippen LogP contribution in [0, 0.1) is 0 Å². The zero-order valence-corrected chi connectivity index (χ0v) is 10.1. The van der Waals surface area contributed by atoms with E-state index in [2.05, 4.69) is 27.5 Å². The van der Waals surface area contributed by atoms with Gasteiger partial charge in [-0.2, -0.15) is 0 Å². The van der Waals surface area contributed by atoms with Crippen LogP contribution in [0.2, 0.25) is 0 Å². The molecule has 84 valence electrons. The van der Waals surface area contributed by atoms with Crippen molar-refractivity contribution < 1.29 is 0 Å². The third-order valence-corrected chi connectivity index (χ3v) is 3.68. The first-order chi connectivity index (χ1) is 7.40. The maximum atomic E-state index is 4.36. The fraction of sp³-hybridized carbons (Fsp3) is 0.727. The van der Waals surface area contributed by atoms with Crippen LogP contribution in [-0.2, 0) is 6.54 Å². The molecular weight excluding hydrogens is 206 g/mol. The van der Waals surface area contributed by atoms with E-state index >= 15 is 0 Å². The summed E-state index contributed by atoms with van der Waals surface area (Å²) in [5, 5.41) is 6.78. The van der Waals surface area contributed by atoms with E-state index in [1.807, 2.05) is 6.20 Å². The SMILES string of the molecule is CCCC1CNCCN1Cc1nccs1. The highest BCUT2D eigenvalue weighted by Crippen LogP contribution is 2.15. The van der Waals surface area contributed by atoms with Gasteiger partial charge in [-0.25, -0.2) is 4.98 Å².